The van der Waals surface area contributed by atoms with Crippen LogP contribution in [0.1, 0.15) is 5.56 Å². The number of rotatable bonds is 4. The van der Waals surface area contributed by atoms with E-state index in [0.29, 0.717) is 25.2 Å². The first-order valence-corrected chi connectivity index (χ1v) is 6.52. The zero-order valence-corrected chi connectivity index (χ0v) is 11.4. The van der Waals surface area contributed by atoms with Gasteiger partial charge in [0.2, 0.25) is 11.8 Å². The van der Waals surface area contributed by atoms with Crippen LogP contribution in [0.4, 0.5) is 4.39 Å². The topological polar surface area (TPSA) is 52.7 Å². The van der Waals surface area contributed by atoms with Gasteiger partial charge in [0.25, 0.3) is 0 Å². The Morgan fingerprint density at radius 2 is 2.20 bits per heavy atom. The Balaban J connectivity index is 1.88. The predicted molar refractivity (Wildman–Crippen MR) is 72.3 cm³/mol. The molecule has 1 heterocycles. The molecule has 1 aromatic rings. The first kappa shape index (κ1) is 14.5. The lowest BCUT2D eigenvalue weighted by Crippen LogP contribution is -2.52. The summed E-state index contributed by atoms with van der Waals surface area (Å²) in [6, 6.07) is 6.50. The zero-order chi connectivity index (χ0) is 14.5. The lowest BCUT2D eigenvalue weighted by atomic mass is 10.2. The maximum atomic E-state index is 13.5. The molecule has 1 saturated heterocycles. The molecule has 0 spiro atoms. The van der Waals surface area contributed by atoms with Crippen molar-refractivity contribution in [2.75, 3.05) is 33.2 Å². The first-order valence-electron chi connectivity index (χ1n) is 6.52. The maximum absolute atomic E-state index is 13.5. The summed E-state index contributed by atoms with van der Waals surface area (Å²) in [6.07, 6.45) is 0. The minimum atomic E-state index is -0.274. The van der Waals surface area contributed by atoms with Gasteiger partial charge in [-0.1, -0.05) is 18.2 Å². The Kier molecular flexibility index (Phi) is 4.68. The number of halogens is 1. The van der Waals surface area contributed by atoms with Crippen LogP contribution in [0.15, 0.2) is 24.3 Å². The highest BCUT2D eigenvalue weighted by molar-refractivity contribution is 5.86. The van der Waals surface area contributed by atoms with Gasteiger partial charge in [-0.15, -0.1) is 0 Å². The second-order valence-corrected chi connectivity index (χ2v) is 4.93. The number of likely N-dealkylation sites (N-methyl/N-ethyl adjacent to an activating group) is 1. The molecular weight excluding hydrogens is 261 g/mol. The number of carbonyl (C=O) groups excluding carboxylic acids is 2. The Morgan fingerprint density at radius 3 is 2.90 bits per heavy atom. The van der Waals surface area contributed by atoms with E-state index < -0.39 is 0 Å². The van der Waals surface area contributed by atoms with Crippen LogP contribution in [0.5, 0.6) is 0 Å². The summed E-state index contributed by atoms with van der Waals surface area (Å²) in [5, 5.41) is 2.67. The molecule has 1 aliphatic rings. The largest absolute Gasteiger partial charge is 0.353 e. The number of carbonyl (C=O) groups is 2. The molecular formula is C14H18FN3O2. The fourth-order valence-electron chi connectivity index (χ4n) is 2.16. The number of benzene rings is 1. The van der Waals surface area contributed by atoms with Crippen molar-refractivity contribution in [3.63, 3.8) is 0 Å². The molecule has 0 aliphatic carbocycles. The van der Waals surface area contributed by atoms with Crippen LogP contribution in [0.25, 0.3) is 0 Å². The lowest BCUT2D eigenvalue weighted by molar-refractivity contribution is -0.138. The molecule has 0 aromatic heterocycles. The van der Waals surface area contributed by atoms with Crippen molar-refractivity contribution >= 4 is 11.8 Å². The number of amides is 2. The third-order valence-electron chi connectivity index (χ3n) is 3.19. The van der Waals surface area contributed by atoms with Crippen molar-refractivity contribution < 1.29 is 14.0 Å². The molecule has 6 heteroatoms. The van der Waals surface area contributed by atoms with Crippen molar-refractivity contribution in [3.8, 4) is 0 Å². The van der Waals surface area contributed by atoms with Crippen LogP contribution in [-0.2, 0) is 16.1 Å². The van der Waals surface area contributed by atoms with E-state index >= 15 is 0 Å². The first-order chi connectivity index (χ1) is 9.56. The molecule has 1 aliphatic heterocycles. The highest BCUT2D eigenvalue weighted by Crippen LogP contribution is 2.09. The van der Waals surface area contributed by atoms with Crippen LogP contribution in [0.3, 0.4) is 0 Å². The van der Waals surface area contributed by atoms with Crippen LogP contribution >= 0.6 is 0 Å². The van der Waals surface area contributed by atoms with Crippen molar-refractivity contribution in [3.05, 3.63) is 35.6 Å². The third-order valence-corrected chi connectivity index (χ3v) is 3.19. The van der Waals surface area contributed by atoms with Gasteiger partial charge in [-0.25, -0.2) is 4.39 Å². The number of nitrogens with zero attached hydrogens (tertiary/aromatic N) is 2. The van der Waals surface area contributed by atoms with Gasteiger partial charge in [0, 0.05) is 25.2 Å². The molecule has 108 valence electrons. The number of hydrogen-bond donors (Lipinski definition) is 1. The highest BCUT2D eigenvalue weighted by atomic mass is 19.1. The van der Waals surface area contributed by atoms with Crippen molar-refractivity contribution in [2.45, 2.75) is 6.54 Å². The van der Waals surface area contributed by atoms with Gasteiger partial charge in [0.15, 0.2) is 0 Å². The van der Waals surface area contributed by atoms with Crippen molar-refractivity contribution in [2.24, 2.45) is 0 Å². The predicted octanol–water partition coefficient (Wildman–Crippen LogP) is 0.216. The highest BCUT2D eigenvalue weighted by Gasteiger charge is 2.22. The smallest absolute Gasteiger partial charge is 0.239 e. The van der Waals surface area contributed by atoms with Crippen molar-refractivity contribution in [1.82, 2.24) is 15.1 Å². The van der Waals surface area contributed by atoms with E-state index in [9.17, 15) is 14.0 Å². The monoisotopic (exact) mass is 279 g/mol. The van der Waals surface area contributed by atoms with E-state index in [-0.39, 0.29) is 30.7 Å². The number of piperazine rings is 1. The molecule has 2 rings (SSSR count). The number of nitrogens with one attached hydrogen (secondary N) is 1. The molecule has 0 unspecified atom stereocenters. The normalized spacial score (nSPS) is 15.3. The fraction of sp³-hybridized carbons (Fsp3) is 0.429. The van der Waals surface area contributed by atoms with E-state index in [1.165, 1.54) is 11.0 Å². The van der Waals surface area contributed by atoms with Gasteiger partial charge in [-0.2, -0.15) is 0 Å². The lowest BCUT2D eigenvalue weighted by Gasteiger charge is -2.28. The zero-order valence-electron chi connectivity index (χ0n) is 11.4. The van der Waals surface area contributed by atoms with E-state index in [4.69, 9.17) is 0 Å². The molecule has 1 N–H and O–H groups in total. The van der Waals surface area contributed by atoms with E-state index in [2.05, 4.69) is 5.32 Å². The third kappa shape index (κ3) is 3.77. The Labute approximate surface area is 117 Å². The second kappa shape index (κ2) is 6.47. The summed E-state index contributed by atoms with van der Waals surface area (Å²) in [5.74, 6) is -0.524. The van der Waals surface area contributed by atoms with Gasteiger partial charge in [0.05, 0.1) is 13.1 Å². The quantitative estimate of drug-likeness (QED) is 0.857. The standard InChI is InChI=1S/C14H18FN3O2/c1-17(8-11-4-2-3-5-12(11)15)10-14(20)18-7-6-16-13(19)9-18/h2-5H,6-10H2,1H3,(H,16,19). The molecule has 0 bridgehead atoms. The van der Waals surface area contributed by atoms with E-state index in [0.717, 1.165) is 0 Å². The average molecular weight is 279 g/mol. The Hall–Kier alpha value is -1.95. The summed E-state index contributed by atoms with van der Waals surface area (Å²) in [5.41, 5.74) is 0.555. The van der Waals surface area contributed by atoms with Gasteiger partial charge < -0.3 is 10.2 Å². The summed E-state index contributed by atoms with van der Waals surface area (Å²) in [6.45, 7) is 1.64. The molecule has 0 radical (unpaired) electrons. The van der Waals surface area contributed by atoms with E-state index in [1.807, 2.05) is 0 Å². The van der Waals surface area contributed by atoms with Crippen LogP contribution in [0.2, 0.25) is 0 Å². The molecule has 20 heavy (non-hydrogen) atoms. The van der Waals surface area contributed by atoms with E-state index in [1.54, 1.807) is 30.1 Å². The van der Waals surface area contributed by atoms with Gasteiger partial charge in [-0.05, 0) is 13.1 Å². The van der Waals surface area contributed by atoms with Crippen LogP contribution in [-0.4, -0.2) is 54.8 Å². The summed E-state index contributed by atoms with van der Waals surface area (Å²) in [4.78, 5) is 26.5. The van der Waals surface area contributed by atoms with Gasteiger partial charge in [0.1, 0.15) is 5.82 Å². The van der Waals surface area contributed by atoms with Crippen LogP contribution < -0.4 is 5.32 Å². The maximum Gasteiger partial charge on any atom is 0.239 e. The molecule has 2 amide bonds. The molecule has 0 saturated carbocycles. The Morgan fingerprint density at radius 1 is 1.45 bits per heavy atom. The average Bonchev–Trinajstić information content (AvgIpc) is 2.41. The molecule has 5 nitrogen and oxygen atoms in total. The summed E-state index contributed by atoms with van der Waals surface area (Å²) >= 11 is 0. The molecule has 1 fully saturated rings. The minimum absolute atomic E-state index is 0.104. The number of hydrogen-bond acceptors (Lipinski definition) is 3. The van der Waals surface area contributed by atoms with Crippen LogP contribution in [0, 0.1) is 5.82 Å². The second-order valence-electron chi connectivity index (χ2n) is 4.93. The summed E-state index contributed by atoms with van der Waals surface area (Å²) < 4.78 is 13.5. The fourth-order valence-corrected chi connectivity index (χ4v) is 2.16. The molecule has 1 aromatic carbocycles. The molecule has 0 atom stereocenters. The van der Waals surface area contributed by atoms with Crippen molar-refractivity contribution in [1.29, 1.82) is 0 Å². The van der Waals surface area contributed by atoms with Gasteiger partial charge >= 0.3 is 0 Å². The minimum Gasteiger partial charge on any atom is -0.353 e. The SMILES string of the molecule is CN(CC(=O)N1CCNC(=O)C1)Cc1ccccc1F. The summed E-state index contributed by atoms with van der Waals surface area (Å²) in [7, 11) is 1.76. The Bertz CT molecular complexity index is 507. The van der Waals surface area contributed by atoms with Gasteiger partial charge in [-0.3, -0.25) is 14.5 Å².